The van der Waals surface area contributed by atoms with E-state index in [0.717, 1.165) is 11.1 Å². The van der Waals surface area contributed by atoms with Crippen LogP contribution < -0.4 is 0 Å². The van der Waals surface area contributed by atoms with E-state index < -0.39 is 5.60 Å². The van der Waals surface area contributed by atoms with Crippen LogP contribution in [0.4, 0.5) is 0 Å². The molecule has 0 spiro atoms. The molecule has 0 N–H and O–H groups in total. The summed E-state index contributed by atoms with van der Waals surface area (Å²) in [5.41, 5.74) is 1.97. The summed E-state index contributed by atoms with van der Waals surface area (Å²) < 4.78 is 5.23. The topological polar surface area (TPSA) is 26.3 Å². The number of hydrogen-bond donors (Lipinski definition) is 0. The molecule has 0 radical (unpaired) electrons. The second kappa shape index (κ2) is 2.89. The number of cyclic esters (lactones) is 1. The zero-order valence-electron chi connectivity index (χ0n) is 8.03. The Labute approximate surface area is 87.9 Å². The predicted molar refractivity (Wildman–Crippen MR) is 57.6 cm³/mol. The molecule has 0 amide bonds. The van der Waals surface area contributed by atoms with Gasteiger partial charge in [-0.05, 0) is 31.5 Å². The normalized spacial score (nSPS) is 17.4. The Morgan fingerprint density at radius 1 is 1.43 bits per heavy atom. The third-order valence-electron chi connectivity index (χ3n) is 2.40. The summed E-state index contributed by atoms with van der Waals surface area (Å²) in [6, 6.07) is 5.51. The highest BCUT2D eigenvalue weighted by atomic mass is 32.1. The van der Waals surface area contributed by atoms with Crippen LogP contribution in [-0.2, 0) is 10.3 Å². The van der Waals surface area contributed by atoms with E-state index in [1.54, 1.807) is 11.4 Å². The lowest BCUT2D eigenvalue weighted by molar-refractivity contribution is 0.00954. The molecular formula is C11H10O2S. The molecule has 0 saturated carbocycles. The molecule has 1 heterocycles. The first-order valence-electron chi connectivity index (χ1n) is 4.37. The number of fused-ring (bicyclic) bond motifs is 1. The van der Waals surface area contributed by atoms with Crippen molar-refractivity contribution in [3.8, 4) is 0 Å². The number of thiocarbonyl (C=S) groups is 1. The first-order chi connectivity index (χ1) is 6.54. The molecule has 0 aliphatic carbocycles. The standard InChI is InChI=1S/C11H10O2S/c1-11(2)9-5-7(6-14)3-4-8(9)10(12)13-11/h3-6H,1-2H3. The summed E-state index contributed by atoms with van der Waals surface area (Å²) in [5, 5.41) is 1.60. The molecule has 2 rings (SSSR count). The average molecular weight is 206 g/mol. The van der Waals surface area contributed by atoms with Crippen molar-refractivity contribution in [2.24, 2.45) is 0 Å². The van der Waals surface area contributed by atoms with Crippen molar-refractivity contribution in [3.05, 3.63) is 34.9 Å². The summed E-state index contributed by atoms with van der Waals surface area (Å²) >= 11 is 4.84. The van der Waals surface area contributed by atoms with Crippen molar-refractivity contribution in [2.75, 3.05) is 0 Å². The van der Waals surface area contributed by atoms with Crippen LogP contribution in [0.3, 0.4) is 0 Å². The fourth-order valence-corrected chi connectivity index (χ4v) is 1.80. The van der Waals surface area contributed by atoms with E-state index in [2.05, 4.69) is 0 Å². The number of carbonyl (C=O) groups excluding carboxylic acids is 1. The molecule has 1 aliphatic heterocycles. The van der Waals surface area contributed by atoms with Crippen LogP contribution in [0.1, 0.15) is 35.3 Å². The predicted octanol–water partition coefficient (Wildman–Crippen LogP) is 2.44. The first kappa shape index (κ1) is 9.34. The number of hydrogen-bond acceptors (Lipinski definition) is 3. The molecule has 1 aromatic carbocycles. The number of rotatable bonds is 1. The van der Waals surface area contributed by atoms with Gasteiger partial charge in [-0.25, -0.2) is 4.79 Å². The average Bonchev–Trinajstić information content (AvgIpc) is 2.37. The fraction of sp³-hybridized carbons (Fsp3) is 0.273. The SMILES string of the molecule is CC1(C)OC(=O)c2ccc(C=S)cc21. The van der Waals surface area contributed by atoms with Crippen LogP contribution >= 0.6 is 12.2 Å². The van der Waals surface area contributed by atoms with Crippen molar-refractivity contribution in [2.45, 2.75) is 19.4 Å². The van der Waals surface area contributed by atoms with Crippen molar-refractivity contribution < 1.29 is 9.53 Å². The molecule has 0 saturated heterocycles. The molecule has 0 unspecified atom stereocenters. The fourth-order valence-electron chi connectivity index (χ4n) is 1.65. The van der Waals surface area contributed by atoms with Gasteiger partial charge in [-0.3, -0.25) is 0 Å². The smallest absolute Gasteiger partial charge is 0.339 e. The maximum absolute atomic E-state index is 11.4. The van der Waals surface area contributed by atoms with E-state index in [9.17, 15) is 4.79 Å². The lowest BCUT2D eigenvalue weighted by Crippen LogP contribution is -2.16. The summed E-state index contributed by atoms with van der Waals surface area (Å²) in [6.07, 6.45) is 0. The number of esters is 1. The van der Waals surface area contributed by atoms with Gasteiger partial charge in [0.15, 0.2) is 0 Å². The quantitative estimate of drug-likeness (QED) is 0.521. The molecule has 14 heavy (non-hydrogen) atoms. The zero-order chi connectivity index (χ0) is 10.3. The van der Waals surface area contributed by atoms with E-state index >= 15 is 0 Å². The van der Waals surface area contributed by atoms with Gasteiger partial charge < -0.3 is 4.74 Å². The van der Waals surface area contributed by atoms with Crippen LogP contribution in [0, 0.1) is 0 Å². The monoisotopic (exact) mass is 206 g/mol. The highest BCUT2D eigenvalue weighted by molar-refractivity contribution is 7.79. The van der Waals surface area contributed by atoms with Crippen LogP contribution in [0.5, 0.6) is 0 Å². The molecular weight excluding hydrogens is 196 g/mol. The van der Waals surface area contributed by atoms with Crippen LogP contribution in [0.25, 0.3) is 0 Å². The van der Waals surface area contributed by atoms with Gasteiger partial charge in [0.1, 0.15) is 5.60 Å². The lowest BCUT2D eigenvalue weighted by atomic mass is 9.94. The van der Waals surface area contributed by atoms with Gasteiger partial charge in [0.2, 0.25) is 0 Å². The summed E-state index contributed by atoms with van der Waals surface area (Å²) in [7, 11) is 0. The molecule has 0 atom stereocenters. The van der Waals surface area contributed by atoms with Gasteiger partial charge in [0, 0.05) is 10.9 Å². The van der Waals surface area contributed by atoms with Gasteiger partial charge in [-0.15, -0.1) is 0 Å². The summed E-state index contributed by atoms with van der Waals surface area (Å²) in [4.78, 5) is 11.4. The van der Waals surface area contributed by atoms with Gasteiger partial charge in [-0.1, -0.05) is 18.3 Å². The Hall–Kier alpha value is -1.22. The minimum absolute atomic E-state index is 0.249. The number of carbonyl (C=O) groups is 1. The zero-order valence-corrected chi connectivity index (χ0v) is 8.85. The molecule has 72 valence electrons. The number of ether oxygens (including phenoxy) is 1. The Balaban J connectivity index is 2.64. The van der Waals surface area contributed by atoms with Crippen LogP contribution in [0.2, 0.25) is 0 Å². The second-order valence-electron chi connectivity index (χ2n) is 3.82. The maximum atomic E-state index is 11.4. The summed E-state index contributed by atoms with van der Waals surface area (Å²) in [5.74, 6) is -0.249. The first-order valence-corrected chi connectivity index (χ1v) is 4.85. The third-order valence-corrected chi connectivity index (χ3v) is 2.67. The van der Waals surface area contributed by atoms with Crippen LogP contribution in [0.15, 0.2) is 18.2 Å². The summed E-state index contributed by atoms with van der Waals surface area (Å²) in [6.45, 7) is 3.76. The van der Waals surface area contributed by atoms with E-state index in [1.165, 1.54) is 0 Å². The highest BCUT2D eigenvalue weighted by Crippen LogP contribution is 2.35. The Kier molecular flexibility index (Phi) is 1.93. The molecule has 2 nitrogen and oxygen atoms in total. The molecule has 3 heteroatoms. The second-order valence-corrected chi connectivity index (χ2v) is 4.06. The molecule has 1 aliphatic rings. The van der Waals surface area contributed by atoms with Gasteiger partial charge in [0.05, 0.1) is 5.56 Å². The van der Waals surface area contributed by atoms with Gasteiger partial charge >= 0.3 is 5.97 Å². The minimum Gasteiger partial charge on any atom is -0.451 e. The number of benzene rings is 1. The van der Waals surface area contributed by atoms with E-state index in [4.69, 9.17) is 17.0 Å². The van der Waals surface area contributed by atoms with Crippen molar-refractivity contribution in [1.82, 2.24) is 0 Å². The molecule has 0 bridgehead atoms. The minimum atomic E-state index is -0.527. The van der Waals surface area contributed by atoms with Gasteiger partial charge in [0.25, 0.3) is 0 Å². The largest absolute Gasteiger partial charge is 0.451 e. The van der Waals surface area contributed by atoms with E-state index in [1.807, 2.05) is 26.0 Å². The van der Waals surface area contributed by atoms with Crippen LogP contribution in [-0.4, -0.2) is 11.3 Å². The van der Waals surface area contributed by atoms with Gasteiger partial charge in [-0.2, -0.15) is 0 Å². The Bertz CT molecular complexity index is 421. The van der Waals surface area contributed by atoms with E-state index in [-0.39, 0.29) is 5.97 Å². The maximum Gasteiger partial charge on any atom is 0.339 e. The Morgan fingerprint density at radius 3 is 2.79 bits per heavy atom. The highest BCUT2D eigenvalue weighted by Gasteiger charge is 2.37. The van der Waals surface area contributed by atoms with Crippen molar-refractivity contribution in [3.63, 3.8) is 0 Å². The molecule has 0 fully saturated rings. The van der Waals surface area contributed by atoms with E-state index in [0.29, 0.717) is 5.56 Å². The third kappa shape index (κ3) is 1.24. The Morgan fingerprint density at radius 2 is 2.14 bits per heavy atom. The lowest BCUT2D eigenvalue weighted by Gasteiger charge is -2.17. The van der Waals surface area contributed by atoms with Crippen molar-refractivity contribution in [1.29, 1.82) is 0 Å². The molecule has 0 aromatic heterocycles. The van der Waals surface area contributed by atoms with Crippen molar-refractivity contribution >= 4 is 23.6 Å². The molecule has 1 aromatic rings.